The highest BCUT2D eigenvalue weighted by atomic mass is 35.5. The highest BCUT2D eigenvalue weighted by Crippen LogP contribution is 2.66. The molecule has 6 aliphatic rings. The van der Waals surface area contributed by atoms with E-state index in [0.29, 0.717) is 23.3 Å². The summed E-state index contributed by atoms with van der Waals surface area (Å²) in [5, 5.41) is 16.7. The Labute approximate surface area is 310 Å². The predicted molar refractivity (Wildman–Crippen MR) is 199 cm³/mol. The number of likely N-dealkylation sites (tertiary alicyclic amines) is 2. The highest BCUT2D eigenvalue weighted by Gasteiger charge is 2.65. The van der Waals surface area contributed by atoms with E-state index in [2.05, 4.69) is 5.32 Å². The second kappa shape index (κ2) is 13.8. The van der Waals surface area contributed by atoms with Crippen molar-refractivity contribution >= 4 is 46.0 Å². The Hall–Kier alpha value is -3.95. The van der Waals surface area contributed by atoms with Gasteiger partial charge in [-0.15, -0.1) is 0 Å². The number of aliphatic hydroxyl groups is 1. The molecule has 4 bridgehead atoms. The van der Waals surface area contributed by atoms with Crippen molar-refractivity contribution in [3.63, 3.8) is 0 Å². The first kappa shape index (κ1) is 35.1. The molecule has 4 unspecified atom stereocenters. The number of amides is 4. The number of halogens is 1. The Balaban J connectivity index is 1.04. The number of hydrogen-bond acceptors (Lipinski definition) is 5. The molecular formula is C42H49ClN4O5. The van der Waals surface area contributed by atoms with Crippen LogP contribution < -0.4 is 5.32 Å². The van der Waals surface area contributed by atoms with E-state index in [-0.39, 0.29) is 43.7 Å². The lowest BCUT2D eigenvalue weighted by Crippen LogP contribution is -2.63. The summed E-state index contributed by atoms with van der Waals surface area (Å²) in [7, 11) is 1.70. The topological polar surface area (TPSA) is 110 Å². The van der Waals surface area contributed by atoms with Crippen LogP contribution in [0.3, 0.4) is 0 Å². The highest BCUT2D eigenvalue weighted by molar-refractivity contribution is 6.31. The van der Waals surface area contributed by atoms with Crippen molar-refractivity contribution in [2.24, 2.45) is 22.7 Å². The van der Waals surface area contributed by atoms with Crippen molar-refractivity contribution in [1.82, 2.24) is 20.0 Å². The lowest BCUT2D eigenvalue weighted by Gasteiger charge is -2.61. The molecule has 2 heterocycles. The fourth-order valence-corrected chi connectivity index (χ4v) is 11.1. The van der Waals surface area contributed by atoms with Crippen molar-refractivity contribution in [1.29, 1.82) is 0 Å². The molecule has 9 rings (SSSR count). The lowest BCUT2D eigenvalue weighted by atomic mass is 9.43. The number of hydrogen-bond donors (Lipinski definition) is 2. The molecular weight excluding hydrogens is 676 g/mol. The third kappa shape index (κ3) is 6.48. The first-order valence-corrected chi connectivity index (χ1v) is 19.5. The van der Waals surface area contributed by atoms with Gasteiger partial charge in [0.05, 0.1) is 16.9 Å². The maximum absolute atomic E-state index is 14.8. The molecule has 0 spiro atoms. The van der Waals surface area contributed by atoms with Crippen LogP contribution in [0.1, 0.15) is 68.9 Å². The maximum Gasteiger partial charge on any atom is 0.245 e. The van der Waals surface area contributed by atoms with Crippen LogP contribution in [0.15, 0.2) is 66.7 Å². The number of β-amino-alcohol motifs (C(OH)–C–C–N with tert-alkyl or cyclic N) is 1. The van der Waals surface area contributed by atoms with Crippen molar-refractivity contribution in [2.75, 3.05) is 26.7 Å². The van der Waals surface area contributed by atoms with Crippen molar-refractivity contribution < 1.29 is 24.3 Å². The van der Waals surface area contributed by atoms with Crippen molar-refractivity contribution in [2.45, 2.75) is 88.9 Å². The summed E-state index contributed by atoms with van der Waals surface area (Å²) in [6.07, 6.45) is 6.29. The number of carbonyl (C=O) groups is 4. The van der Waals surface area contributed by atoms with E-state index in [0.717, 1.165) is 79.9 Å². The van der Waals surface area contributed by atoms with Crippen LogP contribution in [-0.4, -0.2) is 88.3 Å². The fourth-order valence-electron chi connectivity index (χ4n) is 10.9. The standard InChI is InChI=1S/C42H49ClN4O5/c1-45(24-32-10-4-5-11-34(32)43)38(50)35(18-27-12-13-30-8-2-3-9-31(30)17-27)44-37(49)36-19-33(48)25-47(36)40(52)42-22-28-16-29(23-42)21-41(20-28,26-42)39(51)46-14-6-7-15-46/h2-5,8-13,17,28-29,33,35-36,48H,6-7,14-16,18-26H2,1H3,(H,44,49)/t28?,29?,33-,35?,36?,41?,42?/m1/s1. The Morgan fingerprint density at radius 2 is 1.54 bits per heavy atom. The molecule has 52 heavy (non-hydrogen) atoms. The summed E-state index contributed by atoms with van der Waals surface area (Å²) in [4.78, 5) is 62.7. The van der Waals surface area contributed by atoms with Gasteiger partial charge in [-0.25, -0.2) is 0 Å². The molecule has 9 nitrogen and oxygen atoms in total. The number of rotatable bonds is 9. The van der Waals surface area contributed by atoms with Gasteiger partial charge in [-0.05, 0) is 91.2 Å². The number of benzene rings is 3. The number of aliphatic hydroxyl groups excluding tert-OH is 1. The number of carbonyl (C=O) groups excluding carboxylic acids is 4. The summed E-state index contributed by atoms with van der Waals surface area (Å²) < 4.78 is 0. The monoisotopic (exact) mass is 724 g/mol. The van der Waals surface area contributed by atoms with Crippen molar-refractivity contribution in [3.8, 4) is 0 Å². The molecule has 3 aromatic carbocycles. The smallest absolute Gasteiger partial charge is 0.245 e. The summed E-state index contributed by atoms with van der Waals surface area (Å²) in [6.45, 7) is 1.92. The molecule has 0 aromatic heterocycles. The molecule has 0 radical (unpaired) electrons. The number of likely N-dealkylation sites (N-methyl/N-ethyl adjacent to an activating group) is 1. The average Bonchev–Trinajstić information content (AvgIpc) is 3.81. The fraction of sp³-hybridized carbons (Fsp3) is 0.524. The summed E-state index contributed by atoms with van der Waals surface area (Å²) in [6, 6.07) is 19.6. The SMILES string of the molecule is CN(Cc1ccccc1Cl)C(=O)C(Cc1ccc2ccccc2c1)NC(=O)C1C[C@@H](O)CN1C(=O)C12CC3CC(CC(C(=O)N4CCCC4)(C3)C1)C2. The zero-order valence-electron chi connectivity index (χ0n) is 29.9. The molecule has 4 aliphatic carbocycles. The molecule has 4 amide bonds. The van der Waals surface area contributed by atoms with E-state index < -0.39 is 34.9 Å². The predicted octanol–water partition coefficient (Wildman–Crippen LogP) is 5.35. The summed E-state index contributed by atoms with van der Waals surface area (Å²) in [5.74, 6) is 0.0283. The van der Waals surface area contributed by atoms with E-state index >= 15 is 0 Å². The minimum Gasteiger partial charge on any atom is -0.391 e. The van der Waals surface area contributed by atoms with Gasteiger partial charge >= 0.3 is 0 Å². The minimum absolute atomic E-state index is 0.0662. The van der Waals surface area contributed by atoms with Crippen LogP contribution in [0.5, 0.6) is 0 Å². The van der Waals surface area contributed by atoms with Crippen molar-refractivity contribution in [3.05, 3.63) is 82.9 Å². The molecule has 10 heteroatoms. The molecule has 6 fully saturated rings. The van der Waals surface area contributed by atoms with Gasteiger partial charge < -0.3 is 25.1 Å². The maximum atomic E-state index is 14.8. The van der Waals surface area contributed by atoms with Crippen LogP contribution >= 0.6 is 11.6 Å². The van der Waals surface area contributed by atoms with Gasteiger partial charge in [0.2, 0.25) is 23.6 Å². The van der Waals surface area contributed by atoms with Gasteiger partial charge in [0.25, 0.3) is 0 Å². The molecule has 4 saturated carbocycles. The number of nitrogens with one attached hydrogen (secondary N) is 1. The van der Waals surface area contributed by atoms with Gasteiger partial charge in [0.15, 0.2) is 0 Å². The van der Waals surface area contributed by atoms with E-state index in [1.807, 2.05) is 65.6 Å². The van der Waals surface area contributed by atoms with Crippen LogP contribution in [0, 0.1) is 22.7 Å². The lowest BCUT2D eigenvalue weighted by molar-refractivity contribution is -0.180. The Morgan fingerprint density at radius 3 is 2.25 bits per heavy atom. The normalized spacial score (nSPS) is 29.8. The van der Waals surface area contributed by atoms with E-state index in [1.165, 1.54) is 0 Å². The van der Waals surface area contributed by atoms with Gasteiger partial charge in [0, 0.05) is 51.1 Å². The quantitative estimate of drug-likeness (QED) is 0.310. The summed E-state index contributed by atoms with van der Waals surface area (Å²) in [5.41, 5.74) is 0.467. The summed E-state index contributed by atoms with van der Waals surface area (Å²) >= 11 is 6.45. The van der Waals surface area contributed by atoms with Crippen LogP contribution in [-0.2, 0) is 32.1 Å². The molecule has 2 aliphatic heterocycles. The molecule has 5 atom stereocenters. The zero-order valence-corrected chi connectivity index (χ0v) is 30.7. The third-order valence-electron chi connectivity index (χ3n) is 12.8. The average molecular weight is 725 g/mol. The second-order valence-corrected chi connectivity index (χ2v) is 17.0. The minimum atomic E-state index is -0.920. The van der Waals surface area contributed by atoms with E-state index in [4.69, 9.17) is 11.6 Å². The Kier molecular flexibility index (Phi) is 9.31. The Bertz CT molecular complexity index is 1880. The number of fused-ring (bicyclic) bond motifs is 1. The number of nitrogens with zero attached hydrogens (tertiary/aromatic N) is 3. The zero-order chi connectivity index (χ0) is 36.2. The molecule has 3 aromatic rings. The molecule has 274 valence electrons. The van der Waals surface area contributed by atoms with Gasteiger partial charge in [-0.2, -0.15) is 0 Å². The Morgan fingerprint density at radius 1 is 0.885 bits per heavy atom. The van der Waals surface area contributed by atoms with Crippen LogP contribution in [0.25, 0.3) is 10.8 Å². The van der Waals surface area contributed by atoms with Crippen LogP contribution in [0.2, 0.25) is 5.02 Å². The third-order valence-corrected chi connectivity index (χ3v) is 13.2. The molecule has 2 N–H and O–H groups in total. The van der Waals surface area contributed by atoms with Gasteiger partial charge in [-0.3, -0.25) is 19.2 Å². The van der Waals surface area contributed by atoms with Gasteiger partial charge in [0.1, 0.15) is 12.1 Å². The van der Waals surface area contributed by atoms with Crippen LogP contribution in [0.4, 0.5) is 0 Å². The first-order valence-electron chi connectivity index (χ1n) is 19.1. The van der Waals surface area contributed by atoms with E-state index in [9.17, 15) is 24.3 Å². The largest absolute Gasteiger partial charge is 0.391 e. The first-order chi connectivity index (χ1) is 25.0. The van der Waals surface area contributed by atoms with Gasteiger partial charge in [-0.1, -0.05) is 72.3 Å². The molecule has 2 saturated heterocycles. The second-order valence-electron chi connectivity index (χ2n) is 16.6. The van der Waals surface area contributed by atoms with E-state index in [1.54, 1.807) is 22.9 Å².